The van der Waals surface area contributed by atoms with Crippen molar-refractivity contribution in [2.75, 3.05) is 6.61 Å². The van der Waals surface area contributed by atoms with Crippen LogP contribution >= 0.6 is 0 Å². The van der Waals surface area contributed by atoms with Crippen LogP contribution in [-0.4, -0.2) is 17.3 Å². The van der Waals surface area contributed by atoms with Gasteiger partial charge in [0.15, 0.2) is 11.6 Å². The van der Waals surface area contributed by atoms with Crippen molar-refractivity contribution in [1.29, 1.82) is 0 Å². The molecule has 0 atom stereocenters. The summed E-state index contributed by atoms with van der Waals surface area (Å²) in [6.07, 6.45) is 1.60. The first-order valence-electron chi connectivity index (χ1n) is 4.71. The second kappa shape index (κ2) is 3.24. The normalized spacial score (nSPS) is 17.9. The number of aryl methyl sites for hydroxylation is 1. The van der Waals surface area contributed by atoms with Crippen LogP contribution in [0.2, 0.25) is 0 Å². The summed E-state index contributed by atoms with van der Waals surface area (Å²) in [5.74, 6) is -0.119. The van der Waals surface area contributed by atoms with Gasteiger partial charge in [0.2, 0.25) is 0 Å². The van der Waals surface area contributed by atoms with E-state index in [2.05, 4.69) is 0 Å². The minimum atomic E-state index is -0.505. The average molecular weight is 196 g/mol. The van der Waals surface area contributed by atoms with Crippen molar-refractivity contribution in [2.45, 2.75) is 25.4 Å². The van der Waals surface area contributed by atoms with E-state index in [-0.39, 0.29) is 18.2 Å². The fraction of sp³-hybridized carbons (Fsp3) is 0.455. The number of aliphatic hydroxyl groups is 1. The monoisotopic (exact) mass is 196 g/mol. The van der Waals surface area contributed by atoms with Gasteiger partial charge < -0.3 is 9.84 Å². The van der Waals surface area contributed by atoms with E-state index >= 15 is 0 Å². The standard InChI is InChI=1S/C11H13FO2/c1-8-2-3-9(12)10(6-8)14-11(7-13)4-5-11/h2-3,6,13H,4-5,7H2,1H3. The maximum Gasteiger partial charge on any atom is 0.165 e. The Bertz CT molecular complexity index is 345. The number of ether oxygens (including phenoxy) is 1. The Hall–Kier alpha value is -1.09. The summed E-state index contributed by atoms with van der Waals surface area (Å²) in [7, 11) is 0. The highest BCUT2D eigenvalue weighted by atomic mass is 19.1. The Morgan fingerprint density at radius 2 is 2.21 bits per heavy atom. The predicted molar refractivity (Wildman–Crippen MR) is 50.8 cm³/mol. The zero-order valence-corrected chi connectivity index (χ0v) is 8.09. The first-order chi connectivity index (χ1) is 6.65. The fourth-order valence-electron chi connectivity index (χ4n) is 1.35. The number of aliphatic hydroxyl groups excluding tert-OH is 1. The Balaban J connectivity index is 2.20. The molecule has 1 aliphatic rings. The second-order valence-corrected chi connectivity index (χ2v) is 3.88. The van der Waals surface area contributed by atoms with Crippen LogP contribution in [0.15, 0.2) is 18.2 Å². The highest BCUT2D eigenvalue weighted by Crippen LogP contribution is 2.40. The molecular weight excluding hydrogens is 183 g/mol. The summed E-state index contributed by atoms with van der Waals surface area (Å²) in [4.78, 5) is 0. The average Bonchev–Trinajstić information content (AvgIpc) is 2.92. The molecule has 1 aromatic carbocycles. The molecule has 3 heteroatoms. The largest absolute Gasteiger partial charge is 0.482 e. The highest BCUT2D eigenvalue weighted by molar-refractivity contribution is 5.30. The van der Waals surface area contributed by atoms with Crippen LogP contribution in [0.1, 0.15) is 18.4 Å². The molecule has 0 aromatic heterocycles. The van der Waals surface area contributed by atoms with E-state index in [1.807, 2.05) is 6.92 Å². The lowest BCUT2D eigenvalue weighted by atomic mass is 10.2. The van der Waals surface area contributed by atoms with Crippen LogP contribution in [-0.2, 0) is 0 Å². The van der Waals surface area contributed by atoms with Gasteiger partial charge in [-0.25, -0.2) is 4.39 Å². The molecule has 2 nitrogen and oxygen atoms in total. The van der Waals surface area contributed by atoms with Gasteiger partial charge in [0.1, 0.15) is 5.60 Å². The third-order valence-corrected chi connectivity index (χ3v) is 2.51. The molecule has 1 N–H and O–H groups in total. The molecule has 0 unspecified atom stereocenters. The molecular formula is C11H13FO2. The maximum atomic E-state index is 13.3. The minimum Gasteiger partial charge on any atom is -0.482 e. The number of benzene rings is 1. The van der Waals surface area contributed by atoms with E-state index < -0.39 is 5.60 Å². The van der Waals surface area contributed by atoms with Crippen LogP contribution in [0.3, 0.4) is 0 Å². The Kier molecular flexibility index (Phi) is 2.19. The maximum absolute atomic E-state index is 13.3. The quantitative estimate of drug-likeness (QED) is 0.801. The van der Waals surface area contributed by atoms with Crippen molar-refractivity contribution in [3.63, 3.8) is 0 Å². The van der Waals surface area contributed by atoms with Gasteiger partial charge in [-0.2, -0.15) is 0 Å². The molecule has 76 valence electrons. The summed E-state index contributed by atoms with van der Waals surface area (Å²) in [6.45, 7) is 1.84. The smallest absolute Gasteiger partial charge is 0.165 e. The molecule has 1 aromatic rings. The molecule has 0 spiro atoms. The van der Waals surface area contributed by atoms with E-state index in [0.717, 1.165) is 18.4 Å². The van der Waals surface area contributed by atoms with Crippen LogP contribution < -0.4 is 4.74 Å². The topological polar surface area (TPSA) is 29.5 Å². The van der Waals surface area contributed by atoms with Gasteiger partial charge in [-0.3, -0.25) is 0 Å². The molecule has 14 heavy (non-hydrogen) atoms. The molecule has 2 rings (SSSR count). The molecule has 0 aliphatic heterocycles. The van der Waals surface area contributed by atoms with Gasteiger partial charge in [0.25, 0.3) is 0 Å². The van der Waals surface area contributed by atoms with Crippen LogP contribution in [0, 0.1) is 12.7 Å². The lowest BCUT2D eigenvalue weighted by molar-refractivity contribution is 0.0913. The number of hydrogen-bond donors (Lipinski definition) is 1. The summed E-state index contributed by atoms with van der Waals surface area (Å²) < 4.78 is 18.7. The van der Waals surface area contributed by atoms with E-state index in [4.69, 9.17) is 9.84 Å². The fourth-order valence-corrected chi connectivity index (χ4v) is 1.35. The molecule has 1 saturated carbocycles. The Morgan fingerprint density at radius 3 is 2.79 bits per heavy atom. The third-order valence-electron chi connectivity index (χ3n) is 2.51. The first-order valence-corrected chi connectivity index (χ1v) is 4.71. The van der Waals surface area contributed by atoms with Crippen molar-refractivity contribution >= 4 is 0 Å². The van der Waals surface area contributed by atoms with Crippen LogP contribution in [0.4, 0.5) is 4.39 Å². The highest BCUT2D eigenvalue weighted by Gasteiger charge is 2.45. The Labute approximate surface area is 82.3 Å². The van der Waals surface area contributed by atoms with Crippen molar-refractivity contribution < 1.29 is 14.2 Å². The summed E-state index contributed by atoms with van der Waals surface area (Å²) in [6, 6.07) is 4.74. The number of hydrogen-bond acceptors (Lipinski definition) is 2. The summed E-state index contributed by atoms with van der Waals surface area (Å²) in [5.41, 5.74) is 0.449. The van der Waals surface area contributed by atoms with Gasteiger partial charge in [0, 0.05) is 0 Å². The van der Waals surface area contributed by atoms with E-state index in [1.54, 1.807) is 12.1 Å². The lowest BCUT2D eigenvalue weighted by Crippen LogP contribution is -2.23. The summed E-state index contributed by atoms with van der Waals surface area (Å²) in [5, 5.41) is 9.03. The van der Waals surface area contributed by atoms with Crippen molar-refractivity contribution in [3.8, 4) is 5.75 Å². The van der Waals surface area contributed by atoms with Crippen LogP contribution in [0.5, 0.6) is 5.75 Å². The van der Waals surface area contributed by atoms with Gasteiger partial charge in [0.05, 0.1) is 6.61 Å². The predicted octanol–water partition coefficient (Wildman–Crippen LogP) is 2.04. The number of halogens is 1. The molecule has 0 saturated heterocycles. The second-order valence-electron chi connectivity index (χ2n) is 3.88. The van der Waals surface area contributed by atoms with Gasteiger partial charge in [-0.15, -0.1) is 0 Å². The van der Waals surface area contributed by atoms with Gasteiger partial charge in [-0.1, -0.05) is 6.07 Å². The molecule has 0 heterocycles. The van der Waals surface area contributed by atoms with Gasteiger partial charge in [-0.05, 0) is 37.5 Å². The van der Waals surface area contributed by atoms with Crippen LogP contribution in [0.25, 0.3) is 0 Å². The number of rotatable bonds is 3. The van der Waals surface area contributed by atoms with E-state index in [9.17, 15) is 4.39 Å². The zero-order valence-electron chi connectivity index (χ0n) is 8.09. The molecule has 0 bridgehead atoms. The molecule has 0 radical (unpaired) electrons. The van der Waals surface area contributed by atoms with Gasteiger partial charge >= 0.3 is 0 Å². The molecule has 1 fully saturated rings. The van der Waals surface area contributed by atoms with Crippen molar-refractivity contribution in [1.82, 2.24) is 0 Å². The summed E-state index contributed by atoms with van der Waals surface area (Å²) >= 11 is 0. The Morgan fingerprint density at radius 1 is 1.50 bits per heavy atom. The SMILES string of the molecule is Cc1ccc(F)c(OC2(CO)CC2)c1. The van der Waals surface area contributed by atoms with E-state index in [0.29, 0.717) is 0 Å². The minimum absolute atomic E-state index is 0.0413. The van der Waals surface area contributed by atoms with Crippen molar-refractivity contribution in [3.05, 3.63) is 29.6 Å². The molecule has 0 amide bonds. The molecule has 1 aliphatic carbocycles. The lowest BCUT2D eigenvalue weighted by Gasteiger charge is -2.16. The van der Waals surface area contributed by atoms with E-state index in [1.165, 1.54) is 6.07 Å². The van der Waals surface area contributed by atoms with Crippen molar-refractivity contribution in [2.24, 2.45) is 0 Å². The zero-order chi connectivity index (χ0) is 10.2. The third kappa shape index (κ3) is 1.73. The first kappa shape index (κ1) is 9.46.